The van der Waals surface area contributed by atoms with Crippen LogP contribution in [0.5, 0.6) is 0 Å². The molecular weight excluding hydrogens is 252 g/mol. The molecule has 20 heavy (non-hydrogen) atoms. The van der Waals surface area contributed by atoms with Crippen molar-refractivity contribution >= 4 is 0 Å². The van der Waals surface area contributed by atoms with Crippen LogP contribution in [0.4, 0.5) is 0 Å². The summed E-state index contributed by atoms with van der Waals surface area (Å²) in [5.41, 5.74) is 0. The van der Waals surface area contributed by atoms with Gasteiger partial charge in [-0.1, -0.05) is 0 Å². The largest absolute Gasteiger partial charge is 0.396 e. The number of nitrogens with zero attached hydrogens (tertiary/aromatic N) is 4. The molecule has 0 amide bonds. The van der Waals surface area contributed by atoms with Crippen molar-refractivity contribution in [1.82, 2.24) is 19.7 Å². The average molecular weight is 278 g/mol. The van der Waals surface area contributed by atoms with Gasteiger partial charge in [-0.15, -0.1) is 10.2 Å². The first-order valence-electron chi connectivity index (χ1n) is 7.93. The van der Waals surface area contributed by atoms with Gasteiger partial charge in [-0.2, -0.15) is 0 Å². The molecule has 0 aromatic carbocycles. The molecule has 5 heteroatoms. The fraction of sp³-hybridized carbons (Fsp3) is 0.867. The second-order valence-corrected chi connectivity index (χ2v) is 6.67. The van der Waals surface area contributed by atoms with Crippen LogP contribution >= 0.6 is 0 Å². The molecule has 1 fully saturated rings. The highest BCUT2D eigenvalue weighted by Crippen LogP contribution is 2.25. The highest BCUT2D eigenvalue weighted by atomic mass is 16.3. The molecule has 2 atom stereocenters. The van der Waals surface area contributed by atoms with Crippen LogP contribution < -0.4 is 0 Å². The molecule has 5 nitrogen and oxygen atoms in total. The Hall–Kier alpha value is -0.940. The van der Waals surface area contributed by atoms with Crippen LogP contribution in [0.1, 0.15) is 38.3 Å². The van der Waals surface area contributed by atoms with Gasteiger partial charge in [0.05, 0.1) is 0 Å². The number of hydrogen-bond donors (Lipinski definition) is 1. The standard InChI is InChI=1S/C15H26N4O/c1-11(2)18-5-3-12(9-18)7-14-16-17-15-8-13(10-20)4-6-19(14)15/h11-13,20H,3-10H2,1-2H3. The van der Waals surface area contributed by atoms with Crippen LogP contribution in [0, 0.1) is 11.8 Å². The van der Waals surface area contributed by atoms with Gasteiger partial charge < -0.3 is 14.6 Å². The van der Waals surface area contributed by atoms with Gasteiger partial charge in [-0.3, -0.25) is 0 Å². The lowest BCUT2D eigenvalue weighted by Gasteiger charge is -2.23. The van der Waals surface area contributed by atoms with Crippen molar-refractivity contribution in [3.8, 4) is 0 Å². The van der Waals surface area contributed by atoms with E-state index in [4.69, 9.17) is 0 Å². The lowest BCUT2D eigenvalue weighted by molar-refractivity contribution is 0.198. The van der Waals surface area contributed by atoms with Gasteiger partial charge in [0, 0.05) is 38.6 Å². The van der Waals surface area contributed by atoms with Gasteiger partial charge in [0.15, 0.2) is 0 Å². The molecule has 1 aromatic rings. The van der Waals surface area contributed by atoms with Gasteiger partial charge in [0.1, 0.15) is 11.6 Å². The van der Waals surface area contributed by atoms with Crippen molar-refractivity contribution in [2.45, 2.75) is 52.1 Å². The van der Waals surface area contributed by atoms with E-state index in [0.29, 0.717) is 12.0 Å². The van der Waals surface area contributed by atoms with Crippen molar-refractivity contribution < 1.29 is 5.11 Å². The Morgan fingerprint density at radius 2 is 2.00 bits per heavy atom. The van der Waals surface area contributed by atoms with Crippen LogP contribution in [0.2, 0.25) is 0 Å². The van der Waals surface area contributed by atoms with Crippen molar-refractivity contribution in [2.24, 2.45) is 11.8 Å². The number of hydrogen-bond acceptors (Lipinski definition) is 4. The number of likely N-dealkylation sites (tertiary alicyclic amines) is 1. The molecule has 1 N–H and O–H groups in total. The van der Waals surface area contributed by atoms with Gasteiger partial charge in [0.25, 0.3) is 0 Å². The second-order valence-electron chi connectivity index (χ2n) is 6.67. The Morgan fingerprint density at radius 3 is 2.70 bits per heavy atom. The fourth-order valence-corrected chi connectivity index (χ4v) is 3.52. The van der Waals surface area contributed by atoms with E-state index in [0.717, 1.165) is 43.4 Å². The minimum atomic E-state index is 0.272. The maximum Gasteiger partial charge on any atom is 0.133 e. The molecule has 0 radical (unpaired) electrons. The third-order valence-corrected chi connectivity index (χ3v) is 4.91. The Morgan fingerprint density at radius 1 is 1.20 bits per heavy atom. The molecule has 1 aromatic heterocycles. The quantitative estimate of drug-likeness (QED) is 0.896. The SMILES string of the molecule is CC(C)N1CCC(Cc2nnc3n2CCC(CO)C3)C1. The van der Waals surface area contributed by atoms with Crippen LogP contribution in [-0.4, -0.2) is 50.5 Å². The average Bonchev–Trinajstić information content (AvgIpc) is 3.06. The first-order chi connectivity index (χ1) is 9.67. The van der Waals surface area contributed by atoms with E-state index in [-0.39, 0.29) is 6.61 Å². The van der Waals surface area contributed by atoms with E-state index in [9.17, 15) is 5.11 Å². The van der Waals surface area contributed by atoms with Crippen molar-refractivity contribution in [3.63, 3.8) is 0 Å². The number of rotatable bonds is 4. The Bertz CT molecular complexity index is 457. The van der Waals surface area contributed by atoms with Crippen molar-refractivity contribution in [2.75, 3.05) is 19.7 Å². The minimum absolute atomic E-state index is 0.272. The van der Waals surface area contributed by atoms with E-state index in [1.165, 1.54) is 19.5 Å². The molecule has 0 bridgehead atoms. The van der Waals surface area contributed by atoms with Crippen molar-refractivity contribution in [1.29, 1.82) is 0 Å². The summed E-state index contributed by atoms with van der Waals surface area (Å²) in [6.45, 7) is 8.21. The molecule has 0 aliphatic carbocycles. The van der Waals surface area contributed by atoms with E-state index < -0.39 is 0 Å². The lowest BCUT2D eigenvalue weighted by Crippen LogP contribution is -2.28. The predicted molar refractivity (Wildman–Crippen MR) is 77.4 cm³/mol. The Balaban J connectivity index is 1.64. The van der Waals surface area contributed by atoms with Crippen LogP contribution in [0.25, 0.3) is 0 Å². The van der Waals surface area contributed by atoms with Gasteiger partial charge in [0.2, 0.25) is 0 Å². The van der Waals surface area contributed by atoms with Gasteiger partial charge in [-0.25, -0.2) is 0 Å². The highest BCUT2D eigenvalue weighted by molar-refractivity contribution is 5.02. The third kappa shape index (κ3) is 2.74. The molecule has 0 saturated carbocycles. The summed E-state index contributed by atoms with van der Waals surface area (Å²) in [6.07, 6.45) is 4.27. The molecule has 112 valence electrons. The molecule has 2 unspecified atom stereocenters. The molecule has 0 spiro atoms. The normalized spacial score (nSPS) is 27.2. The van der Waals surface area contributed by atoms with E-state index in [1.54, 1.807) is 0 Å². The summed E-state index contributed by atoms with van der Waals surface area (Å²) in [7, 11) is 0. The van der Waals surface area contributed by atoms with E-state index >= 15 is 0 Å². The van der Waals surface area contributed by atoms with Crippen LogP contribution in [-0.2, 0) is 19.4 Å². The van der Waals surface area contributed by atoms with Gasteiger partial charge in [-0.05, 0) is 45.1 Å². The Labute approximate surface area is 121 Å². The first-order valence-corrected chi connectivity index (χ1v) is 7.93. The lowest BCUT2D eigenvalue weighted by atomic mass is 9.98. The predicted octanol–water partition coefficient (Wildman–Crippen LogP) is 1.11. The topological polar surface area (TPSA) is 54.2 Å². The highest BCUT2D eigenvalue weighted by Gasteiger charge is 2.28. The summed E-state index contributed by atoms with van der Waals surface area (Å²) in [5.74, 6) is 3.33. The summed E-state index contributed by atoms with van der Waals surface area (Å²) in [6, 6.07) is 0.651. The molecule has 1 saturated heterocycles. The molecule has 3 rings (SSSR count). The summed E-state index contributed by atoms with van der Waals surface area (Å²) in [5, 5.41) is 18.0. The van der Waals surface area contributed by atoms with Crippen LogP contribution in [0.3, 0.4) is 0 Å². The number of aromatic nitrogens is 3. The zero-order valence-electron chi connectivity index (χ0n) is 12.6. The zero-order chi connectivity index (χ0) is 14.1. The zero-order valence-corrected chi connectivity index (χ0v) is 12.6. The molecule has 2 aliphatic heterocycles. The summed E-state index contributed by atoms with van der Waals surface area (Å²) in [4.78, 5) is 2.56. The smallest absolute Gasteiger partial charge is 0.133 e. The Kier molecular flexibility index (Phi) is 4.08. The van der Waals surface area contributed by atoms with E-state index in [2.05, 4.69) is 33.5 Å². The van der Waals surface area contributed by atoms with Crippen molar-refractivity contribution in [3.05, 3.63) is 11.6 Å². The number of aliphatic hydroxyl groups is 1. The van der Waals surface area contributed by atoms with Gasteiger partial charge >= 0.3 is 0 Å². The minimum Gasteiger partial charge on any atom is -0.396 e. The molecular formula is C15H26N4O. The maximum absolute atomic E-state index is 9.27. The number of aliphatic hydroxyl groups excluding tert-OH is 1. The summed E-state index contributed by atoms with van der Waals surface area (Å²) < 4.78 is 2.30. The molecule has 2 aliphatic rings. The molecule has 3 heterocycles. The summed E-state index contributed by atoms with van der Waals surface area (Å²) >= 11 is 0. The maximum atomic E-state index is 9.27. The first kappa shape index (κ1) is 14.0. The number of fused-ring (bicyclic) bond motifs is 1. The monoisotopic (exact) mass is 278 g/mol. The van der Waals surface area contributed by atoms with E-state index in [1.807, 2.05) is 0 Å². The second kappa shape index (κ2) is 5.82. The fourth-order valence-electron chi connectivity index (χ4n) is 3.52. The van der Waals surface area contributed by atoms with Crippen LogP contribution in [0.15, 0.2) is 0 Å². The third-order valence-electron chi connectivity index (χ3n) is 4.91.